The number of nitrogen functional groups attached to an aromatic ring is 1. The van der Waals surface area contributed by atoms with Gasteiger partial charge in [-0.05, 0) is 24.9 Å². The van der Waals surface area contributed by atoms with Gasteiger partial charge in [0.2, 0.25) is 0 Å². The van der Waals surface area contributed by atoms with Crippen molar-refractivity contribution >= 4 is 40.6 Å². The molecule has 0 radical (unpaired) electrons. The lowest BCUT2D eigenvalue weighted by atomic mass is 10.1. The van der Waals surface area contributed by atoms with Crippen molar-refractivity contribution in [2.75, 3.05) is 24.3 Å². The number of nitrogens with one attached hydrogen (secondary N) is 1. The normalized spacial score (nSPS) is 10.4. The summed E-state index contributed by atoms with van der Waals surface area (Å²) in [6.07, 6.45) is 5.03. The van der Waals surface area contributed by atoms with Crippen LogP contribution in [0.15, 0.2) is 12.1 Å². The van der Waals surface area contributed by atoms with Gasteiger partial charge in [-0.2, -0.15) is 11.8 Å². The Balaban J connectivity index is 2.63. The molecule has 21 heavy (non-hydrogen) atoms. The second-order valence-electron chi connectivity index (χ2n) is 4.46. The van der Waals surface area contributed by atoms with E-state index in [1.54, 1.807) is 11.8 Å². The molecule has 3 N–H and O–H groups in total. The van der Waals surface area contributed by atoms with Gasteiger partial charge < -0.3 is 11.1 Å². The van der Waals surface area contributed by atoms with Crippen molar-refractivity contribution in [2.24, 2.45) is 0 Å². The van der Waals surface area contributed by atoms with Crippen LogP contribution in [0.1, 0.15) is 29.6 Å². The minimum Gasteiger partial charge on any atom is -0.397 e. The monoisotopic (exact) mass is 331 g/mol. The zero-order valence-electron chi connectivity index (χ0n) is 11.7. The summed E-state index contributed by atoms with van der Waals surface area (Å²) in [7, 11) is 0. The Kier molecular flexibility index (Phi) is 7.31. The standard InChI is InChI=1S/C13H18ClN3O3S/c1-21-6-4-2-3-5-16-13(18)10-7-9(17(19)20)8-11(14)12(10)15/h7-8H,2-6,15H2,1H3,(H,16,18). The Morgan fingerprint density at radius 2 is 2.14 bits per heavy atom. The van der Waals surface area contributed by atoms with Crippen molar-refractivity contribution in [3.8, 4) is 0 Å². The minimum absolute atomic E-state index is 0.00863. The van der Waals surface area contributed by atoms with E-state index >= 15 is 0 Å². The third-order valence-corrected chi connectivity index (χ3v) is 3.89. The van der Waals surface area contributed by atoms with Gasteiger partial charge >= 0.3 is 0 Å². The highest BCUT2D eigenvalue weighted by Crippen LogP contribution is 2.28. The number of hydrogen-bond donors (Lipinski definition) is 2. The molecular weight excluding hydrogens is 314 g/mol. The summed E-state index contributed by atoms with van der Waals surface area (Å²) in [6, 6.07) is 2.28. The minimum atomic E-state index is -0.607. The largest absolute Gasteiger partial charge is 0.397 e. The number of nitro benzene ring substituents is 1. The fourth-order valence-electron chi connectivity index (χ4n) is 1.74. The summed E-state index contributed by atoms with van der Waals surface area (Å²) in [4.78, 5) is 22.2. The average Bonchev–Trinajstić information content (AvgIpc) is 2.44. The molecule has 0 saturated heterocycles. The molecule has 8 heteroatoms. The number of non-ortho nitro benzene ring substituents is 1. The highest BCUT2D eigenvalue weighted by atomic mass is 35.5. The maximum Gasteiger partial charge on any atom is 0.271 e. The van der Waals surface area contributed by atoms with Crippen molar-refractivity contribution in [1.82, 2.24) is 5.32 Å². The van der Waals surface area contributed by atoms with Crippen LogP contribution in [0.2, 0.25) is 5.02 Å². The van der Waals surface area contributed by atoms with E-state index < -0.39 is 10.8 Å². The first-order valence-electron chi connectivity index (χ1n) is 6.48. The number of unbranched alkanes of at least 4 members (excludes halogenated alkanes) is 2. The van der Waals surface area contributed by atoms with Crippen LogP contribution in [-0.2, 0) is 0 Å². The molecule has 1 amide bonds. The SMILES string of the molecule is CSCCCCCNC(=O)c1cc([N+](=O)[O-])cc(Cl)c1N. The first-order chi connectivity index (χ1) is 9.97. The van der Waals surface area contributed by atoms with Crippen molar-refractivity contribution in [3.05, 3.63) is 32.8 Å². The number of nitrogens with zero attached hydrogens (tertiary/aromatic N) is 1. The smallest absolute Gasteiger partial charge is 0.271 e. The zero-order chi connectivity index (χ0) is 15.8. The second kappa shape index (κ2) is 8.74. The van der Waals surface area contributed by atoms with E-state index in [0.717, 1.165) is 37.1 Å². The average molecular weight is 332 g/mol. The molecule has 1 aromatic carbocycles. The van der Waals surface area contributed by atoms with E-state index in [0.29, 0.717) is 6.54 Å². The molecule has 0 saturated carbocycles. The van der Waals surface area contributed by atoms with Gasteiger partial charge in [-0.1, -0.05) is 18.0 Å². The lowest BCUT2D eigenvalue weighted by molar-refractivity contribution is -0.384. The van der Waals surface area contributed by atoms with Crippen LogP contribution in [0.4, 0.5) is 11.4 Å². The summed E-state index contributed by atoms with van der Waals surface area (Å²) in [5.41, 5.74) is 5.55. The van der Waals surface area contributed by atoms with Gasteiger partial charge in [0.15, 0.2) is 0 Å². The lowest BCUT2D eigenvalue weighted by Crippen LogP contribution is -2.25. The van der Waals surface area contributed by atoms with Crippen molar-refractivity contribution in [1.29, 1.82) is 0 Å². The van der Waals surface area contributed by atoms with E-state index in [1.807, 2.05) is 0 Å². The number of carbonyl (C=O) groups excluding carboxylic acids is 1. The molecule has 0 atom stereocenters. The quantitative estimate of drug-likeness (QED) is 0.330. The number of nitro groups is 1. The predicted molar refractivity (Wildman–Crippen MR) is 87.1 cm³/mol. The lowest BCUT2D eigenvalue weighted by Gasteiger charge is -2.08. The highest BCUT2D eigenvalue weighted by Gasteiger charge is 2.18. The maximum absolute atomic E-state index is 12.0. The molecule has 116 valence electrons. The van der Waals surface area contributed by atoms with Crippen LogP contribution < -0.4 is 11.1 Å². The maximum atomic E-state index is 12.0. The zero-order valence-corrected chi connectivity index (χ0v) is 13.3. The van der Waals surface area contributed by atoms with Crippen molar-refractivity contribution in [3.63, 3.8) is 0 Å². The van der Waals surface area contributed by atoms with Crippen LogP contribution in [0.5, 0.6) is 0 Å². The fraction of sp³-hybridized carbons (Fsp3) is 0.462. The summed E-state index contributed by atoms with van der Waals surface area (Å²) in [6.45, 7) is 0.507. The number of halogens is 1. The van der Waals surface area contributed by atoms with E-state index in [2.05, 4.69) is 11.6 Å². The van der Waals surface area contributed by atoms with Crippen LogP contribution in [-0.4, -0.2) is 29.4 Å². The number of amides is 1. The van der Waals surface area contributed by atoms with Gasteiger partial charge in [0.1, 0.15) is 0 Å². The molecule has 0 aliphatic carbocycles. The number of carbonyl (C=O) groups is 1. The van der Waals surface area contributed by atoms with Gasteiger partial charge in [-0.15, -0.1) is 0 Å². The number of benzene rings is 1. The molecule has 0 aliphatic rings. The van der Waals surface area contributed by atoms with Crippen LogP contribution in [0.3, 0.4) is 0 Å². The molecule has 1 rings (SSSR count). The van der Waals surface area contributed by atoms with Gasteiger partial charge in [-0.25, -0.2) is 0 Å². The Labute approximate surface area is 132 Å². The van der Waals surface area contributed by atoms with E-state index in [1.165, 1.54) is 0 Å². The molecule has 0 aliphatic heterocycles. The molecule has 1 aromatic rings. The number of nitrogens with two attached hydrogens (primary N) is 1. The fourth-order valence-corrected chi connectivity index (χ4v) is 2.45. The highest BCUT2D eigenvalue weighted by molar-refractivity contribution is 7.98. The molecule has 0 heterocycles. The molecule has 6 nitrogen and oxygen atoms in total. The van der Waals surface area contributed by atoms with Crippen molar-refractivity contribution < 1.29 is 9.72 Å². The molecule has 0 unspecified atom stereocenters. The topological polar surface area (TPSA) is 98.3 Å². The molecule has 0 fully saturated rings. The predicted octanol–water partition coefficient (Wildman–Crippen LogP) is 3.09. The third-order valence-electron chi connectivity index (χ3n) is 2.88. The van der Waals surface area contributed by atoms with E-state index in [9.17, 15) is 14.9 Å². The van der Waals surface area contributed by atoms with Gasteiger partial charge in [-0.3, -0.25) is 14.9 Å². The van der Waals surface area contributed by atoms with Gasteiger partial charge in [0.25, 0.3) is 11.6 Å². The van der Waals surface area contributed by atoms with Crippen LogP contribution >= 0.6 is 23.4 Å². The molecule has 0 bridgehead atoms. The van der Waals surface area contributed by atoms with Gasteiger partial charge in [0.05, 0.1) is 21.2 Å². The summed E-state index contributed by atoms with van der Waals surface area (Å²) < 4.78 is 0. The van der Waals surface area contributed by atoms with Crippen LogP contribution in [0, 0.1) is 10.1 Å². The molecule has 0 aromatic heterocycles. The molecule has 0 spiro atoms. The Bertz CT molecular complexity index is 526. The van der Waals surface area contributed by atoms with E-state index in [4.69, 9.17) is 17.3 Å². The summed E-state index contributed by atoms with van der Waals surface area (Å²) >= 11 is 7.60. The Morgan fingerprint density at radius 1 is 1.43 bits per heavy atom. The third kappa shape index (κ3) is 5.43. The summed E-state index contributed by atoms with van der Waals surface area (Å²) in [5.74, 6) is 0.657. The van der Waals surface area contributed by atoms with Crippen LogP contribution in [0.25, 0.3) is 0 Å². The number of hydrogen-bond acceptors (Lipinski definition) is 5. The van der Waals surface area contributed by atoms with E-state index in [-0.39, 0.29) is 22.0 Å². The number of rotatable bonds is 8. The first kappa shape index (κ1) is 17.6. The second-order valence-corrected chi connectivity index (χ2v) is 5.85. The number of thioether (sulfide) groups is 1. The number of anilines is 1. The first-order valence-corrected chi connectivity index (χ1v) is 8.25. The van der Waals surface area contributed by atoms with Crippen molar-refractivity contribution in [2.45, 2.75) is 19.3 Å². The Hall–Kier alpha value is -1.47. The Morgan fingerprint density at radius 3 is 2.76 bits per heavy atom. The molecular formula is C13H18ClN3O3S. The summed E-state index contributed by atoms with van der Waals surface area (Å²) in [5, 5.41) is 13.5. The van der Waals surface area contributed by atoms with Gasteiger partial charge in [0, 0.05) is 18.7 Å².